The van der Waals surface area contributed by atoms with Crippen molar-refractivity contribution in [3.05, 3.63) is 260 Å². The third-order valence-electron chi connectivity index (χ3n) is 12.8. The van der Waals surface area contributed by atoms with Crippen molar-refractivity contribution in [3.8, 4) is 73.2 Å². The molecule has 0 aliphatic carbocycles. The quantitative estimate of drug-likeness (QED) is 0.137. The minimum atomic E-state index is -0.262. The Hall–Kier alpha value is -9.33. The summed E-state index contributed by atoms with van der Waals surface area (Å²) in [5.74, 6) is 1.34. The molecule has 2 aromatic heterocycles. The summed E-state index contributed by atoms with van der Waals surface area (Å²) in [5, 5.41) is 2.32. The van der Waals surface area contributed by atoms with Gasteiger partial charge < -0.3 is 9.47 Å². The van der Waals surface area contributed by atoms with Crippen molar-refractivity contribution in [2.24, 2.45) is 0 Å². The van der Waals surface area contributed by atoms with Gasteiger partial charge in [0.2, 0.25) is 0 Å². The predicted molar refractivity (Wildman–Crippen MR) is 281 cm³/mol. The maximum Gasteiger partial charge on any atom is 0.164 e. The highest BCUT2D eigenvalue weighted by Crippen LogP contribution is 2.40. The van der Waals surface area contributed by atoms with Crippen LogP contribution in [-0.2, 0) is 0 Å². The molecule has 0 atom stereocenters. The third kappa shape index (κ3) is 8.16. The Balaban J connectivity index is 0.878. The average Bonchev–Trinajstić information content (AvgIpc) is 3.76. The molecule has 0 amide bonds. The number of fused-ring (bicyclic) bond motifs is 3. The van der Waals surface area contributed by atoms with E-state index in [0.29, 0.717) is 17.5 Å². The van der Waals surface area contributed by atoms with Crippen molar-refractivity contribution in [2.45, 2.75) is 0 Å². The molecule has 7 heteroatoms. The predicted octanol–water partition coefficient (Wildman–Crippen LogP) is 16.7. The maximum atomic E-state index is 13.8. The second-order valence-corrected chi connectivity index (χ2v) is 17.2. The van der Waals surface area contributed by atoms with Gasteiger partial charge in [0.1, 0.15) is 11.6 Å². The topological polar surface area (TPSA) is 46.8 Å². The minimum absolute atomic E-state index is 0.262. The summed E-state index contributed by atoms with van der Waals surface area (Å²) in [6.45, 7) is 0. The summed E-state index contributed by atoms with van der Waals surface area (Å²) >= 11 is 0. The van der Waals surface area contributed by atoms with E-state index in [0.717, 1.165) is 94.6 Å². The molecule has 0 radical (unpaired) electrons. The van der Waals surface area contributed by atoms with Crippen LogP contribution in [0.4, 0.5) is 25.8 Å². The van der Waals surface area contributed by atoms with E-state index in [9.17, 15) is 8.78 Å². The molecule has 0 N–H and O–H groups in total. The largest absolute Gasteiger partial charge is 0.311 e. The molecule has 0 spiro atoms. The highest BCUT2D eigenvalue weighted by atomic mass is 19.1. The normalized spacial score (nSPS) is 11.3. The van der Waals surface area contributed by atoms with E-state index in [1.165, 1.54) is 24.3 Å². The zero-order valence-corrected chi connectivity index (χ0v) is 37.7. The van der Waals surface area contributed by atoms with Crippen LogP contribution in [0.1, 0.15) is 0 Å². The monoisotopic (exact) mass is 905 g/mol. The first-order valence-corrected chi connectivity index (χ1v) is 23.1. The Bertz CT molecular complexity index is 3640. The maximum absolute atomic E-state index is 13.8. The summed E-state index contributed by atoms with van der Waals surface area (Å²) < 4.78 is 29.8. The third-order valence-corrected chi connectivity index (χ3v) is 12.8. The molecule has 2 heterocycles. The molecule has 70 heavy (non-hydrogen) atoms. The molecule has 10 aromatic carbocycles. The van der Waals surface area contributed by atoms with Gasteiger partial charge in [0.25, 0.3) is 0 Å². The van der Waals surface area contributed by atoms with Gasteiger partial charge in [0, 0.05) is 50.2 Å². The van der Waals surface area contributed by atoms with Crippen LogP contribution in [0.5, 0.6) is 0 Å². The highest BCUT2D eigenvalue weighted by Gasteiger charge is 2.18. The van der Waals surface area contributed by atoms with E-state index < -0.39 is 0 Å². The second kappa shape index (κ2) is 18.1. The van der Waals surface area contributed by atoms with Crippen LogP contribution in [0.2, 0.25) is 0 Å². The molecule has 12 rings (SSSR count). The molecule has 332 valence electrons. The number of hydrogen-bond donors (Lipinski definition) is 0. The van der Waals surface area contributed by atoms with Gasteiger partial charge >= 0.3 is 0 Å². The first kappa shape index (κ1) is 42.1. The number of aromatic nitrogens is 4. The molecule has 0 fully saturated rings. The lowest BCUT2D eigenvalue weighted by molar-refractivity contribution is 0.627. The molecule has 0 aliphatic rings. The number of rotatable bonds is 10. The summed E-state index contributed by atoms with van der Waals surface area (Å²) in [6, 6.07) is 82.2. The number of nitrogens with zero attached hydrogens (tertiary/aromatic N) is 5. The Morgan fingerprint density at radius 2 is 0.629 bits per heavy atom. The zero-order valence-electron chi connectivity index (χ0n) is 37.7. The number of benzene rings is 10. The number of para-hydroxylation sites is 1. The lowest BCUT2D eigenvalue weighted by Gasteiger charge is -2.26. The van der Waals surface area contributed by atoms with Crippen LogP contribution in [0.15, 0.2) is 249 Å². The molecule has 0 unspecified atom stereocenters. The van der Waals surface area contributed by atoms with Gasteiger partial charge in [-0.2, -0.15) is 0 Å². The van der Waals surface area contributed by atoms with E-state index in [-0.39, 0.29) is 11.6 Å². The van der Waals surface area contributed by atoms with E-state index in [4.69, 9.17) is 15.0 Å². The first-order valence-electron chi connectivity index (χ1n) is 23.1. The molecule has 12 aromatic rings. The number of anilines is 3. The zero-order chi connectivity index (χ0) is 47.0. The van der Waals surface area contributed by atoms with E-state index >= 15 is 0 Å². The summed E-state index contributed by atoms with van der Waals surface area (Å²) in [5.41, 5.74) is 15.0. The number of hydrogen-bond acceptors (Lipinski definition) is 4. The van der Waals surface area contributed by atoms with Crippen LogP contribution in [0.3, 0.4) is 0 Å². The van der Waals surface area contributed by atoms with Crippen LogP contribution in [0.25, 0.3) is 95.0 Å². The number of halogens is 2. The van der Waals surface area contributed by atoms with Crippen LogP contribution < -0.4 is 4.90 Å². The van der Waals surface area contributed by atoms with Crippen molar-refractivity contribution in [2.75, 3.05) is 4.90 Å². The molecule has 0 aliphatic heterocycles. The van der Waals surface area contributed by atoms with Crippen molar-refractivity contribution in [1.82, 2.24) is 19.5 Å². The van der Waals surface area contributed by atoms with Gasteiger partial charge in [0.15, 0.2) is 17.5 Å². The molecular weight excluding hydrogens is 865 g/mol. The molecule has 5 nitrogen and oxygen atoms in total. The van der Waals surface area contributed by atoms with Gasteiger partial charge in [0.05, 0.1) is 11.0 Å². The van der Waals surface area contributed by atoms with Crippen LogP contribution in [0, 0.1) is 11.6 Å². The van der Waals surface area contributed by atoms with Gasteiger partial charge in [-0.1, -0.05) is 146 Å². The van der Waals surface area contributed by atoms with Crippen LogP contribution in [-0.4, -0.2) is 19.5 Å². The van der Waals surface area contributed by atoms with Gasteiger partial charge in [-0.25, -0.2) is 23.7 Å². The van der Waals surface area contributed by atoms with E-state index in [2.05, 4.69) is 149 Å². The van der Waals surface area contributed by atoms with Gasteiger partial charge in [-0.3, -0.25) is 0 Å². The molecule has 0 saturated heterocycles. The fourth-order valence-corrected chi connectivity index (χ4v) is 9.27. The highest BCUT2D eigenvalue weighted by molar-refractivity contribution is 6.10. The molecular formula is C63H41F2N5. The lowest BCUT2D eigenvalue weighted by Crippen LogP contribution is -2.09. The van der Waals surface area contributed by atoms with Crippen molar-refractivity contribution < 1.29 is 8.78 Å². The van der Waals surface area contributed by atoms with Crippen LogP contribution >= 0.6 is 0 Å². The fourth-order valence-electron chi connectivity index (χ4n) is 9.27. The first-order chi connectivity index (χ1) is 34.5. The summed E-state index contributed by atoms with van der Waals surface area (Å²) in [4.78, 5) is 17.0. The van der Waals surface area contributed by atoms with Gasteiger partial charge in [-0.15, -0.1) is 0 Å². The lowest BCUT2D eigenvalue weighted by atomic mass is 10.0. The average molecular weight is 906 g/mol. The standard InChI is InChI=1S/C63H41F2N5/c64-51-28-15-42(16-29-51)44-19-32-53(33-20-44)69(54-34-21-45(22-35-54)43-17-30-52(65)31-18-43)55-36-23-46(24-37-55)50-27-40-60-58(41-50)57-13-7-8-14-59(57)70(60)56-38-25-49(26-39-56)63-67-61(47-9-3-1-4-10-47)66-62(68-63)48-11-5-2-6-12-48/h1-41H. The Morgan fingerprint density at radius 1 is 0.286 bits per heavy atom. The van der Waals surface area contributed by atoms with Crippen molar-refractivity contribution in [3.63, 3.8) is 0 Å². The fraction of sp³-hybridized carbons (Fsp3) is 0. The summed E-state index contributed by atoms with van der Waals surface area (Å²) in [7, 11) is 0. The van der Waals surface area contributed by atoms with Gasteiger partial charge in [-0.05, 0) is 137 Å². The SMILES string of the molecule is Fc1ccc(-c2ccc(N(c3ccc(-c4ccc(F)cc4)cc3)c3ccc(-c4ccc5c(c4)c4ccccc4n5-c4ccc(-c5nc(-c6ccccc6)nc(-c6ccccc6)n5)cc4)cc3)cc2)cc1. The van der Waals surface area contributed by atoms with Crippen molar-refractivity contribution in [1.29, 1.82) is 0 Å². The molecule has 0 bridgehead atoms. The Kier molecular flexibility index (Phi) is 10.8. The molecule has 0 saturated carbocycles. The Labute approximate surface area is 403 Å². The smallest absolute Gasteiger partial charge is 0.164 e. The van der Waals surface area contributed by atoms with Crippen molar-refractivity contribution >= 4 is 38.9 Å². The summed E-state index contributed by atoms with van der Waals surface area (Å²) in [6.07, 6.45) is 0. The second-order valence-electron chi connectivity index (χ2n) is 17.2. The Morgan fingerprint density at radius 3 is 1.09 bits per heavy atom. The van der Waals surface area contributed by atoms with E-state index in [1.54, 1.807) is 24.3 Å². The van der Waals surface area contributed by atoms with E-state index in [1.807, 2.05) is 60.7 Å². The minimum Gasteiger partial charge on any atom is -0.311 e.